The van der Waals surface area contributed by atoms with Crippen molar-refractivity contribution in [1.82, 2.24) is 5.32 Å². The van der Waals surface area contributed by atoms with Crippen LogP contribution in [-0.2, 0) is 0 Å². The first kappa shape index (κ1) is 15.4. The van der Waals surface area contributed by atoms with Crippen molar-refractivity contribution in [1.29, 1.82) is 0 Å². The number of hydrogen-bond donors (Lipinski definition) is 2. The highest BCUT2D eigenvalue weighted by Crippen LogP contribution is 2.12. The minimum absolute atomic E-state index is 0.0171. The molecule has 5 heteroatoms. The number of nitrogens with two attached hydrogens (primary N) is 1. The second kappa shape index (κ2) is 7.74. The second-order valence-electron chi connectivity index (χ2n) is 4.21. The van der Waals surface area contributed by atoms with E-state index in [0.717, 1.165) is 12.2 Å². The molecule has 0 saturated carbocycles. The van der Waals surface area contributed by atoms with Gasteiger partial charge in [-0.3, -0.25) is 4.79 Å². The highest BCUT2D eigenvalue weighted by atomic mass is 32.1. The van der Waals surface area contributed by atoms with Gasteiger partial charge in [0, 0.05) is 18.0 Å². The maximum Gasteiger partial charge on any atom is 0.251 e. The number of ether oxygens (including phenoxy) is 1. The van der Waals surface area contributed by atoms with E-state index < -0.39 is 0 Å². The topological polar surface area (TPSA) is 64.3 Å². The first-order chi connectivity index (χ1) is 9.06. The van der Waals surface area contributed by atoms with Crippen molar-refractivity contribution in [3.8, 4) is 5.75 Å². The van der Waals surface area contributed by atoms with Crippen molar-refractivity contribution in [2.75, 3.05) is 6.61 Å². The van der Waals surface area contributed by atoms with E-state index in [1.54, 1.807) is 24.3 Å². The van der Waals surface area contributed by atoms with Crippen LogP contribution in [0, 0.1) is 0 Å². The third-order valence-electron chi connectivity index (χ3n) is 2.70. The number of benzene rings is 1. The minimum Gasteiger partial charge on any atom is -0.494 e. The van der Waals surface area contributed by atoms with Crippen molar-refractivity contribution in [3.05, 3.63) is 29.8 Å². The minimum atomic E-state index is -0.119. The standard InChI is InChI=1S/C14H20N2O2S/c1-3-11(9-13(15)19)16-14(17)10-5-7-12(8-6-10)18-4-2/h5-8,11H,3-4,9H2,1-2H3,(H2,15,19)(H,16,17). The fourth-order valence-corrected chi connectivity index (χ4v) is 1.88. The number of carbonyl (C=O) groups excluding carboxylic acids is 1. The fraction of sp³-hybridized carbons (Fsp3) is 0.429. The van der Waals surface area contributed by atoms with Crippen LogP contribution < -0.4 is 15.8 Å². The van der Waals surface area contributed by atoms with Gasteiger partial charge in [0.15, 0.2) is 0 Å². The Labute approximate surface area is 119 Å². The molecule has 3 N–H and O–H groups in total. The quantitative estimate of drug-likeness (QED) is 0.752. The molecule has 4 nitrogen and oxygen atoms in total. The van der Waals surface area contributed by atoms with E-state index in [1.807, 2.05) is 13.8 Å². The smallest absolute Gasteiger partial charge is 0.251 e. The van der Waals surface area contributed by atoms with Gasteiger partial charge in [-0.25, -0.2) is 0 Å². The van der Waals surface area contributed by atoms with E-state index in [1.165, 1.54) is 0 Å². The van der Waals surface area contributed by atoms with Crippen molar-refractivity contribution < 1.29 is 9.53 Å². The van der Waals surface area contributed by atoms with Gasteiger partial charge in [0.2, 0.25) is 0 Å². The normalized spacial score (nSPS) is 11.7. The maximum absolute atomic E-state index is 12.0. The molecule has 1 aromatic carbocycles. The largest absolute Gasteiger partial charge is 0.494 e. The average molecular weight is 280 g/mol. The number of rotatable bonds is 7. The molecule has 1 aromatic rings. The maximum atomic E-state index is 12.0. The summed E-state index contributed by atoms with van der Waals surface area (Å²) in [4.78, 5) is 12.4. The lowest BCUT2D eigenvalue weighted by Crippen LogP contribution is -2.37. The predicted octanol–water partition coefficient (Wildman–Crippen LogP) is 2.27. The monoisotopic (exact) mass is 280 g/mol. The molecule has 0 aliphatic heterocycles. The van der Waals surface area contributed by atoms with Gasteiger partial charge in [-0.2, -0.15) is 0 Å². The van der Waals surface area contributed by atoms with Crippen LogP contribution in [0.2, 0.25) is 0 Å². The molecular formula is C14H20N2O2S. The Morgan fingerprint density at radius 3 is 2.47 bits per heavy atom. The fourth-order valence-electron chi connectivity index (χ4n) is 1.68. The SMILES string of the molecule is CCOc1ccc(C(=O)NC(CC)CC(N)=S)cc1. The molecule has 0 fully saturated rings. The number of amides is 1. The van der Waals surface area contributed by atoms with Crippen LogP contribution in [0.3, 0.4) is 0 Å². The molecule has 0 heterocycles. The van der Waals surface area contributed by atoms with E-state index in [2.05, 4.69) is 5.32 Å². The first-order valence-electron chi connectivity index (χ1n) is 6.38. The predicted molar refractivity (Wildman–Crippen MR) is 80.6 cm³/mol. The third-order valence-corrected chi connectivity index (χ3v) is 2.87. The molecule has 1 rings (SSSR count). The molecule has 1 unspecified atom stereocenters. The summed E-state index contributed by atoms with van der Waals surface area (Å²) in [6.45, 7) is 4.51. The third kappa shape index (κ3) is 5.26. The number of thiocarbonyl (C=S) groups is 1. The van der Waals surface area contributed by atoms with Gasteiger partial charge in [-0.15, -0.1) is 0 Å². The molecule has 0 bridgehead atoms. The lowest BCUT2D eigenvalue weighted by molar-refractivity contribution is 0.0937. The van der Waals surface area contributed by atoms with E-state index in [-0.39, 0.29) is 11.9 Å². The van der Waals surface area contributed by atoms with Crippen molar-refractivity contribution in [2.24, 2.45) is 5.73 Å². The summed E-state index contributed by atoms with van der Waals surface area (Å²) in [5.41, 5.74) is 6.10. The molecular weight excluding hydrogens is 260 g/mol. The summed E-state index contributed by atoms with van der Waals surface area (Å²) in [5, 5.41) is 2.92. The molecule has 0 aromatic heterocycles. The summed E-state index contributed by atoms with van der Waals surface area (Å²) >= 11 is 4.86. The van der Waals surface area contributed by atoms with Crippen LogP contribution in [0.5, 0.6) is 5.75 Å². The molecule has 19 heavy (non-hydrogen) atoms. The Balaban J connectivity index is 2.63. The Morgan fingerprint density at radius 1 is 1.37 bits per heavy atom. The van der Waals surface area contributed by atoms with Gasteiger partial charge in [0.25, 0.3) is 5.91 Å². The van der Waals surface area contributed by atoms with Crippen LogP contribution in [0.4, 0.5) is 0 Å². The van der Waals surface area contributed by atoms with E-state index in [0.29, 0.717) is 23.6 Å². The zero-order valence-corrected chi connectivity index (χ0v) is 12.1. The van der Waals surface area contributed by atoms with E-state index >= 15 is 0 Å². The van der Waals surface area contributed by atoms with Gasteiger partial charge in [-0.1, -0.05) is 19.1 Å². The molecule has 1 atom stereocenters. The number of carbonyl (C=O) groups is 1. The van der Waals surface area contributed by atoms with E-state index in [9.17, 15) is 4.79 Å². The lowest BCUT2D eigenvalue weighted by Gasteiger charge is -2.16. The second-order valence-corrected chi connectivity index (χ2v) is 4.73. The van der Waals surface area contributed by atoms with Gasteiger partial charge in [-0.05, 0) is 37.6 Å². The van der Waals surface area contributed by atoms with Crippen LogP contribution in [0.1, 0.15) is 37.0 Å². The van der Waals surface area contributed by atoms with Crippen LogP contribution in [0.25, 0.3) is 0 Å². The summed E-state index contributed by atoms with van der Waals surface area (Å²) < 4.78 is 5.33. The van der Waals surface area contributed by atoms with Crippen molar-refractivity contribution in [3.63, 3.8) is 0 Å². The van der Waals surface area contributed by atoms with Gasteiger partial charge >= 0.3 is 0 Å². The Bertz CT molecular complexity index is 432. The molecule has 0 radical (unpaired) electrons. The molecule has 0 aliphatic rings. The molecule has 104 valence electrons. The highest BCUT2D eigenvalue weighted by Gasteiger charge is 2.13. The summed E-state index contributed by atoms with van der Waals surface area (Å²) in [6.07, 6.45) is 1.31. The van der Waals surface area contributed by atoms with E-state index in [4.69, 9.17) is 22.7 Å². The van der Waals surface area contributed by atoms with Crippen LogP contribution >= 0.6 is 12.2 Å². The number of hydrogen-bond acceptors (Lipinski definition) is 3. The van der Waals surface area contributed by atoms with Crippen molar-refractivity contribution in [2.45, 2.75) is 32.7 Å². The Morgan fingerprint density at radius 2 is 2.00 bits per heavy atom. The average Bonchev–Trinajstić information content (AvgIpc) is 2.38. The number of nitrogens with one attached hydrogen (secondary N) is 1. The molecule has 0 aliphatic carbocycles. The summed E-state index contributed by atoms with van der Waals surface area (Å²) in [6, 6.07) is 7.04. The van der Waals surface area contributed by atoms with Gasteiger partial charge in [0.05, 0.1) is 11.6 Å². The molecule has 1 amide bonds. The Hall–Kier alpha value is -1.62. The van der Waals surface area contributed by atoms with Crippen LogP contribution in [-0.4, -0.2) is 23.5 Å². The molecule has 0 spiro atoms. The summed E-state index contributed by atoms with van der Waals surface area (Å²) in [5.74, 6) is 0.639. The Kier molecular flexibility index (Phi) is 6.29. The highest BCUT2D eigenvalue weighted by molar-refractivity contribution is 7.80. The zero-order chi connectivity index (χ0) is 14.3. The summed E-state index contributed by atoms with van der Waals surface area (Å²) in [7, 11) is 0. The van der Waals surface area contributed by atoms with Gasteiger partial charge in [0.1, 0.15) is 5.75 Å². The zero-order valence-electron chi connectivity index (χ0n) is 11.3. The van der Waals surface area contributed by atoms with Crippen molar-refractivity contribution >= 4 is 23.1 Å². The first-order valence-corrected chi connectivity index (χ1v) is 6.79. The molecule has 0 saturated heterocycles. The van der Waals surface area contributed by atoms with Crippen LogP contribution in [0.15, 0.2) is 24.3 Å². The lowest BCUT2D eigenvalue weighted by atomic mass is 10.1. The van der Waals surface area contributed by atoms with Gasteiger partial charge < -0.3 is 15.8 Å².